The second-order valence-electron chi connectivity index (χ2n) is 10.9. The Morgan fingerprint density at radius 2 is 1.61 bits per heavy atom. The molecule has 0 spiro atoms. The number of hydrogen-bond acceptors (Lipinski definition) is 1. The standard InChI is InChI=1S/C31H46FN/c1-2-3-4-5-6-7-8-9-10-25-13-18-28(19-14-25)29-20-15-26(16-21-29)11-12-27-17-22-30(24-33)31(32)23-27/h15,17,22-23,25,28-29H,2-14,16,18-21H2,1H3. The fourth-order valence-corrected chi connectivity index (χ4v) is 6.19. The number of nitrogens with zero attached hydrogens (tertiary/aromatic N) is 1. The van der Waals surface area contributed by atoms with Crippen LogP contribution in [0.5, 0.6) is 0 Å². The van der Waals surface area contributed by atoms with Crippen LogP contribution in [0.25, 0.3) is 0 Å². The second-order valence-corrected chi connectivity index (χ2v) is 10.9. The predicted octanol–water partition coefficient (Wildman–Crippen LogP) is 9.69. The van der Waals surface area contributed by atoms with Gasteiger partial charge in [0.25, 0.3) is 0 Å². The molecule has 0 bridgehead atoms. The molecule has 1 unspecified atom stereocenters. The lowest BCUT2D eigenvalue weighted by molar-refractivity contribution is 0.185. The largest absolute Gasteiger partial charge is 0.206 e. The number of benzene rings is 1. The maximum atomic E-state index is 13.8. The zero-order valence-corrected chi connectivity index (χ0v) is 21.1. The average molecular weight is 452 g/mol. The van der Waals surface area contributed by atoms with Crippen LogP contribution in [0.15, 0.2) is 29.8 Å². The molecule has 0 N–H and O–H groups in total. The molecule has 0 heterocycles. The fraction of sp³-hybridized carbons (Fsp3) is 0.710. The van der Waals surface area contributed by atoms with Crippen LogP contribution in [-0.2, 0) is 6.42 Å². The molecule has 33 heavy (non-hydrogen) atoms. The Labute approximate surface area is 202 Å². The SMILES string of the molecule is CCCCCCCCCCC1CCC(C2CC=C(CCc3ccc(C#N)c(F)c3)CC2)CC1. The molecule has 1 aromatic rings. The van der Waals surface area contributed by atoms with Gasteiger partial charge in [0.2, 0.25) is 0 Å². The summed E-state index contributed by atoms with van der Waals surface area (Å²) in [4.78, 5) is 0. The molecule has 0 radical (unpaired) electrons. The first-order valence-electron chi connectivity index (χ1n) is 14.1. The first-order valence-corrected chi connectivity index (χ1v) is 14.1. The summed E-state index contributed by atoms with van der Waals surface area (Å²) in [5, 5.41) is 8.88. The molecular weight excluding hydrogens is 405 g/mol. The first kappa shape index (κ1) is 26.0. The lowest BCUT2D eigenvalue weighted by Crippen LogP contribution is -2.23. The number of aryl methyl sites for hydroxylation is 1. The summed E-state index contributed by atoms with van der Waals surface area (Å²) < 4.78 is 13.8. The van der Waals surface area contributed by atoms with E-state index in [0.29, 0.717) is 0 Å². The van der Waals surface area contributed by atoms with E-state index in [1.54, 1.807) is 11.6 Å². The monoisotopic (exact) mass is 451 g/mol. The van der Waals surface area contributed by atoms with Gasteiger partial charge in [0.05, 0.1) is 5.56 Å². The third kappa shape index (κ3) is 8.92. The van der Waals surface area contributed by atoms with Gasteiger partial charge in [0.15, 0.2) is 0 Å². The topological polar surface area (TPSA) is 23.8 Å². The Bertz CT molecular complexity index is 766. The van der Waals surface area contributed by atoms with Crippen molar-refractivity contribution >= 4 is 0 Å². The Kier molecular flexibility index (Phi) is 11.5. The van der Waals surface area contributed by atoms with E-state index in [9.17, 15) is 4.39 Å². The van der Waals surface area contributed by atoms with Crippen LogP contribution in [0.1, 0.15) is 127 Å². The molecule has 3 rings (SSSR count). The van der Waals surface area contributed by atoms with Gasteiger partial charge in [0.1, 0.15) is 11.9 Å². The Morgan fingerprint density at radius 3 is 2.24 bits per heavy atom. The van der Waals surface area contributed by atoms with Crippen molar-refractivity contribution in [2.24, 2.45) is 17.8 Å². The van der Waals surface area contributed by atoms with Gasteiger partial charge < -0.3 is 0 Å². The summed E-state index contributed by atoms with van der Waals surface area (Å²) >= 11 is 0. The zero-order chi connectivity index (χ0) is 23.3. The molecule has 0 aromatic heterocycles. The van der Waals surface area contributed by atoms with Crippen molar-refractivity contribution in [3.05, 3.63) is 46.8 Å². The van der Waals surface area contributed by atoms with Crippen molar-refractivity contribution in [2.45, 2.75) is 122 Å². The number of allylic oxidation sites excluding steroid dienone is 2. The van der Waals surface area contributed by atoms with Crippen molar-refractivity contribution in [3.8, 4) is 6.07 Å². The quantitative estimate of drug-likeness (QED) is 0.216. The van der Waals surface area contributed by atoms with Gasteiger partial charge in [-0.15, -0.1) is 0 Å². The van der Waals surface area contributed by atoms with E-state index in [1.165, 1.54) is 109 Å². The van der Waals surface area contributed by atoms with E-state index in [1.807, 2.05) is 12.1 Å². The minimum atomic E-state index is -0.384. The number of halogens is 1. The molecular formula is C31H46FN. The summed E-state index contributed by atoms with van der Waals surface area (Å²) in [5.74, 6) is 2.46. The molecule has 0 amide bonds. The van der Waals surface area contributed by atoms with Crippen molar-refractivity contribution in [3.63, 3.8) is 0 Å². The molecule has 1 saturated carbocycles. The minimum Gasteiger partial charge on any atom is -0.206 e. The highest BCUT2D eigenvalue weighted by Crippen LogP contribution is 2.41. The Morgan fingerprint density at radius 1 is 0.879 bits per heavy atom. The van der Waals surface area contributed by atoms with Crippen LogP contribution in [0, 0.1) is 34.9 Å². The Balaban J connectivity index is 1.28. The summed E-state index contributed by atoms with van der Waals surface area (Å²) in [6.45, 7) is 2.29. The molecule has 1 nitrogen and oxygen atoms in total. The molecule has 182 valence electrons. The van der Waals surface area contributed by atoms with E-state index in [4.69, 9.17) is 5.26 Å². The molecule has 0 aliphatic heterocycles. The number of rotatable bonds is 13. The smallest absolute Gasteiger partial charge is 0.141 e. The van der Waals surface area contributed by atoms with Gasteiger partial charge >= 0.3 is 0 Å². The number of nitriles is 1. The van der Waals surface area contributed by atoms with E-state index < -0.39 is 0 Å². The van der Waals surface area contributed by atoms with Crippen molar-refractivity contribution in [1.29, 1.82) is 5.26 Å². The van der Waals surface area contributed by atoms with E-state index in [-0.39, 0.29) is 11.4 Å². The first-order chi connectivity index (χ1) is 16.2. The lowest BCUT2D eigenvalue weighted by Gasteiger charge is -2.35. The summed E-state index contributed by atoms with van der Waals surface area (Å²) in [6, 6.07) is 6.96. The minimum absolute atomic E-state index is 0.144. The highest BCUT2D eigenvalue weighted by Gasteiger charge is 2.28. The van der Waals surface area contributed by atoms with Gasteiger partial charge in [-0.2, -0.15) is 5.26 Å². The van der Waals surface area contributed by atoms with Crippen LogP contribution in [0.4, 0.5) is 4.39 Å². The van der Waals surface area contributed by atoms with Crippen LogP contribution in [0.3, 0.4) is 0 Å². The highest BCUT2D eigenvalue weighted by molar-refractivity contribution is 5.33. The highest BCUT2D eigenvalue weighted by atomic mass is 19.1. The molecule has 0 saturated heterocycles. The third-order valence-corrected chi connectivity index (χ3v) is 8.46. The van der Waals surface area contributed by atoms with Crippen LogP contribution < -0.4 is 0 Å². The Hall–Kier alpha value is -1.62. The van der Waals surface area contributed by atoms with Gasteiger partial charge in [-0.1, -0.05) is 95.3 Å². The molecule has 2 aliphatic rings. The summed E-state index contributed by atoms with van der Waals surface area (Å²) in [5.41, 5.74) is 2.70. The van der Waals surface area contributed by atoms with Gasteiger partial charge in [-0.3, -0.25) is 0 Å². The third-order valence-electron chi connectivity index (χ3n) is 8.46. The number of unbranched alkanes of at least 4 members (excludes halogenated alkanes) is 7. The average Bonchev–Trinajstić information content (AvgIpc) is 2.85. The van der Waals surface area contributed by atoms with Gasteiger partial charge in [0, 0.05) is 0 Å². The summed E-state index contributed by atoms with van der Waals surface area (Å²) in [6.07, 6.45) is 27.1. The second kappa shape index (κ2) is 14.6. The van der Waals surface area contributed by atoms with Crippen molar-refractivity contribution in [2.75, 3.05) is 0 Å². The maximum absolute atomic E-state index is 13.8. The maximum Gasteiger partial charge on any atom is 0.141 e. The molecule has 1 atom stereocenters. The predicted molar refractivity (Wildman–Crippen MR) is 138 cm³/mol. The lowest BCUT2D eigenvalue weighted by atomic mass is 9.70. The van der Waals surface area contributed by atoms with E-state index in [0.717, 1.165) is 36.2 Å². The number of hydrogen-bond donors (Lipinski definition) is 0. The zero-order valence-electron chi connectivity index (χ0n) is 21.1. The molecule has 1 aromatic carbocycles. The fourth-order valence-electron chi connectivity index (χ4n) is 6.19. The normalized spacial score (nSPS) is 23.2. The van der Waals surface area contributed by atoms with Crippen LogP contribution in [0.2, 0.25) is 0 Å². The van der Waals surface area contributed by atoms with E-state index in [2.05, 4.69) is 13.0 Å². The van der Waals surface area contributed by atoms with Crippen molar-refractivity contribution < 1.29 is 4.39 Å². The van der Waals surface area contributed by atoms with Gasteiger partial charge in [-0.05, 0) is 80.4 Å². The van der Waals surface area contributed by atoms with Crippen LogP contribution >= 0.6 is 0 Å². The molecule has 1 fully saturated rings. The van der Waals surface area contributed by atoms with E-state index >= 15 is 0 Å². The molecule has 2 aliphatic carbocycles. The van der Waals surface area contributed by atoms with Crippen LogP contribution in [-0.4, -0.2) is 0 Å². The van der Waals surface area contributed by atoms with Gasteiger partial charge in [-0.25, -0.2) is 4.39 Å². The molecule has 2 heteroatoms. The van der Waals surface area contributed by atoms with Crippen molar-refractivity contribution in [1.82, 2.24) is 0 Å². The summed E-state index contributed by atoms with van der Waals surface area (Å²) in [7, 11) is 0.